The summed E-state index contributed by atoms with van der Waals surface area (Å²) in [7, 11) is 0. The monoisotopic (exact) mass is 543 g/mol. The minimum absolute atomic E-state index is 0.0286. The Morgan fingerprint density at radius 3 is 2.65 bits per heavy atom. The highest BCUT2D eigenvalue weighted by Crippen LogP contribution is 2.25. The number of carbonyl (C=O) groups is 2. The van der Waals surface area contributed by atoms with Gasteiger partial charge in [-0.2, -0.15) is 5.10 Å². The Hall–Kier alpha value is -3.24. The number of hydrogen-bond donors (Lipinski definition) is 3. The second-order valence-corrected chi connectivity index (χ2v) is 8.74. The highest BCUT2D eigenvalue weighted by molar-refractivity contribution is 9.09. The highest BCUT2D eigenvalue weighted by atomic mass is 79.9. The van der Waals surface area contributed by atoms with Crippen molar-refractivity contribution >= 4 is 51.0 Å². The summed E-state index contributed by atoms with van der Waals surface area (Å²) in [6, 6.07) is 8.86. The van der Waals surface area contributed by atoms with Gasteiger partial charge in [-0.3, -0.25) is 14.7 Å². The van der Waals surface area contributed by atoms with E-state index in [1.807, 2.05) is 4.90 Å². The second-order valence-electron chi connectivity index (χ2n) is 7.68. The average Bonchev–Trinajstić information content (AvgIpc) is 3.39. The molecule has 1 aliphatic heterocycles. The standard InChI is InChI=1S/C23H23BrClN7O2/c24-10-1-2-20(33)28-16-5-3-15(4-6-16)22(34)32-12-8-17(9-13-32)29-23-26-14-18(25)21(30-23)19-7-11-27-31-19/h1-7,11,14,17H,8-10,12-13H2,(H,27,31)(H,28,33)(H,26,29,30)/b2-1+. The van der Waals surface area contributed by atoms with Crippen molar-refractivity contribution in [1.29, 1.82) is 0 Å². The number of likely N-dealkylation sites (tertiary alicyclic amines) is 1. The van der Waals surface area contributed by atoms with Crippen LogP contribution in [0.15, 0.2) is 54.9 Å². The van der Waals surface area contributed by atoms with E-state index in [1.165, 1.54) is 6.08 Å². The summed E-state index contributed by atoms with van der Waals surface area (Å²) in [5.74, 6) is 0.240. The van der Waals surface area contributed by atoms with Gasteiger partial charge in [0.05, 0.1) is 11.2 Å². The first-order valence-electron chi connectivity index (χ1n) is 10.8. The number of hydrogen-bond acceptors (Lipinski definition) is 6. The first-order chi connectivity index (χ1) is 16.5. The molecule has 0 aliphatic carbocycles. The number of benzene rings is 1. The molecule has 4 rings (SSSR count). The molecule has 0 atom stereocenters. The lowest BCUT2D eigenvalue weighted by molar-refractivity contribution is -0.111. The van der Waals surface area contributed by atoms with Crippen LogP contribution < -0.4 is 10.6 Å². The van der Waals surface area contributed by atoms with Crippen molar-refractivity contribution in [1.82, 2.24) is 25.1 Å². The van der Waals surface area contributed by atoms with Gasteiger partial charge in [-0.05, 0) is 43.2 Å². The van der Waals surface area contributed by atoms with Gasteiger partial charge >= 0.3 is 0 Å². The summed E-state index contributed by atoms with van der Waals surface area (Å²) in [4.78, 5) is 35.3. The van der Waals surface area contributed by atoms with Crippen molar-refractivity contribution in [2.24, 2.45) is 0 Å². The van der Waals surface area contributed by atoms with E-state index in [9.17, 15) is 9.59 Å². The minimum atomic E-state index is -0.214. The molecule has 34 heavy (non-hydrogen) atoms. The van der Waals surface area contributed by atoms with Gasteiger partial charge < -0.3 is 15.5 Å². The molecule has 1 fully saturated rings. The van der Waals surface area contributed by atoms with E-state index >= 15 is 0 Å². The molecule has 0 unspecified atom stereocenters. The predicted octanol–water partition coefficient (Wildman–Crippen LogP) is 4.13. The molecule has 1 aliphatic rings. The summed E-state index contributed by atoms with van der Waals surface area (Å²) >= 11 is 9.45. The summed E-state index contributed by atoms with van der Waals surface area (Å²) in [6.07, 6.45) is 7.97. The minimum Gasteiger partial charge on any atom is -0.351 e. The SMILES string of the molecule is O=C(/C=C/CBr)Nc1ccc(C(=O)N2CCC(Nc3ncc(Cl)c(-c4cc[nH]n4)n3)CC2)cc1. The van der Waals surface area contributed by atoms with Gasteiger partial charge in [-0.25, -0.2) is 9.97 Å². The summed E-state index contributed by atoms with van der Waals surface area (Å²) in [5, 5.41) is 14.0. The fourth-order valence-electron chi connectivity index (χ4n) is 3.63. The van der Waals surface area contributed by atoms with E-state index in [0.717, 1.165) is 12.8 Å². The number of aromatic amines is 1. The van der Waals surface area contributed by atoms with Crippen LogP contribution in [-0.4, -0.2) is 61.3 Å². The maximum atomic E-state index is 12.9. The molecule has 0 radical (unpaired) electrons. The molecule has 1 saturated heterocycles. The van der Waals surface area contributed by atoms with Crippen LogP contribution in [0.4, 0.5) is 11.6 Å². The molecule has 2 aromatic heterocycles. The van der Waals surface area contributed by atoms with Crippen molar-refractivity contribution in [3.63, 3.8) is 0 Å². The third-order valence-corrected chi connectivity index (χ3v) is 6.01. The molecule has 176 valence electrons. The third-order valence-electron chi connectivity index (χ3n) is 5.36. The Balaban J connectivity index is 1.31. The van der Waals surface area contributed by atoms with Gasteiger partial charge in [0.25, 0.3) is 5.91 Å². The molecule has 2 amide bonds. The maximum absolute atomic E-state index is 12.9. The molecule has 3 N–H and O–H groups in total. The number of piperidine rings is 1. The molecular formula is C23H23BrClN7O2. The van der Waals surface area contributed by atoms with Crippen molar-refractivity contribution in [3.8, 4) is 11.4 Å². The number of alkyl halides is 1. The molecular weight excluding hydrogens is 522 g/mol. The van der Waals surface area contributed by atoms with E-state index in [2.05, 4.69) is 46.7 Å². The predicted molar refractivity (Wildman–Crippen MR) is 135 cm³/mol. The van der Waals surface area contributed by atoms with Gasteiger partial charge in [0.1, 0.15) is 11.4 Å². The second kappa shape index (κ2) is 11.3. The number of H-pyrrole nitrogens is 1. The van der Waals surface area contributed by atoms with Crippen LogP contribution in [-0.2, 0) is 4.79 Å². The highest BCUT2D eigenvalue weighted by Gasteiger charge is 2.24. The lowest BCUT2D eigenvalue weighted by Gasteiger charge is -2.32. The quantitative estimate of drug-likeness (QED) is 0.304. The van der Waals surface area contributed by atoms with Crippen molar-refractivity contribution in [2.75, 3.05) is 29.1 Å². The molecule has 0 spiro atoms. The van der Waals surface area contributed by atoms with Crippen LogP contribution >= 0.6 is 27.5 Å². The Kier molecular flexibility index (Phi) is 7.91. The Morgan fingerprint density at radius 2 is 1.97 bits per heavy atom. The first-order valence-corrected chi connectivity index (χ1v) is 12.3. The number of nitrogens with zero attached hydrogens (tertiary/aromatic N) is 4. The summed E-state index contributed by atoms with van der Waals surface area (Å²) in [6.45, 7) is 1.23. The third kappa shape index (κ3) is 6.00. The molecule has 0 bridgehead atoms. The summed E-state index contributed by atoms with van der Waals surface area (Å²) in [5.41, 5.74) is 2.44. The lowest BCUT2D eigenvalue weighted by atomic mass is 10.0. The Bertz CT molecular complexity index is 1160. The maximum Gasteiger partial charge on any atom is 0.253 e. The van der Waals surface area contributed by atoms with Crippen LogP contribution in [0.3, 0.4) is 0 Å². The first kappa shape index (κ1) is 23.9. The fraction of sp³-hybridized carbons (Fsp3) is 0.261. The van der Waals surface area contributed by atoms with Gasteiger partial charge in [-0.1, -0.05) is 33.6 Å². The number of amides is 2. The molecule has 11 heteroatoms. The van der Waals surface area contributed by atoms with Crippen LogP contribution in [0.25, 0.3) is 11.4 Å². The Morgan fingerprint density at radius 1 is 1.21 bits per heavy atom. The number of halogens is 2. The van der Waals surface area contributed by atoms with E-state index in [1.54, 1.807) is 48.8 Å². The number of aromatic nitrogens is 4. The Labute approximate surface area is 210 Å². The van der Waals surface area contributed by atoms with Crippen molar-refractivity contribution in [2.45, 2.75) is 18.9 Å². The summed E-state index contributed by atoms with van der Waals surface area (Å²) < 4.78 is 0. The molecule has 3 heterocycles. The van der Waals surface area contributed by atoms with Crippen LogP contribution in [0.5, 0.6) is 0 Å². The smallest absolute Gasteiger partial charge is 0.253 e. The molecule has 9 nitrogen and oxygen atoms in total. The van der Waals surface area contributed by atoms with Crippen molar-refractivity contribution < 1.29 is 9.59 Å². The van der Waals surface area contributed by atoms with E-state index in [4.69, 9.17) is 11.6 Å². The zero-order chi connectivity index (χ0) is 23.9. The van der Waals surface area contributed by atoms with E-state index in [0.29, 0.717) is 52.0 Å². The molecule has 0 saturated carbocycles. The zero-order valence-electron chi connectivity index (χ0n) is 18.2. The van der Waals surface area contributed by atoms with Gasteiger partial charge in [0, 0.05) is 48.0 Å². The van der Waals surface area contributed by atoms with E-state index in [-0.39, 0.29) is 17.9 Å². The lowest BCUT2D eigenvalue weighted by Crippen LogP contribution is -2.42. The number of carbonyl (C=O) groups excluding carboxylic acids is 2. The topological polar surface area (TPSA) is 116 Å². The van der Waals surface area contributed by atoms with Crippen LogP contribution in [0.1, 0.15) is 23.2 Å². The zero-order valence-corrected chi connectivity index (χ0v) is 20.5. The number of rotatable bonds is 7. The van der Waals surface area contributed by atoms with E-state index < -0.39 is 0 Å². The van der Waals surface area contributed by atoms with Crippen LogP contribution in [0, 0.1) is 0 Å². The molecule has 1 aromatic carbocycles. The normalized spacial score (nSPS) is 14.4. The van der Waals surface area contributed by atoms with Gasteiger partial charge in [0.15, 0.2) is 0 Å². The number of anilines is 2. The van der Waals surface area contributed by atoms with Crippen LogP contribution in [0.2, 0.25) is 5.02 Å². The fourth-order valence-corrected chi connectivity index (χ4v) is 4.01. The van der Waals surface area contributed by atoms with Gasteiger partial charge in [-0.15, -0.1) is 0 Å². The largest absolute Gasteiger partial charge is 0.351 e. The number of allylic oxidation sites excluding steroid dienone is 1. The average molecular weight is 545 g/mol. The number of nitrogens with one attached hydrogen (secondary N) is 3. The van der Waals surface area contributed by atoms with Crippen molar-refractivity contribution in [3.05, 3.63) is 65.5 Å². The molecule has 3 aromatic rings. The van der Waals surface area contributed by atoms with Gasteiger partial charge in [0.2, 0.25) is 11.9 Å².